The minimum atomic E-state index is -1.05. The lowest BCUT2D eigenvalue weighted by molar-refractivity contribution is -0.0459. The van der Waals surface area contributed by atoms with Gasteiger partial charge in [-0.15, -0.1) is 0 Å². The Bertz CT molecular complexity index is 1520. The molecule has 2 fully saturated rings. The number of aromatic nitrogens is 1. The van der Waals surface area contributed by atoms with E-state index >= 15 is 0 Å². The summed E-state index contributed by atoms with van der Waals surface area (Å²) < 4.78 is 12.0. The number of piperidine rings is 1. The van der Waals surface area contributed by atoms with Gasteiger partial charge in [0.25, 0.3) is 0 Å². The van der Waals surface area contributed by atoms with Gasteiger partial charge in [-0.25, -0.2) is 14.4 Å². The molecular weight excluding hydrogens is 570 g/mol. The highest BCUT2D eigenvalue weighted by Gasteiger charge is 2.48. The number of carboxylic acids is 1. The molecule has 3 aromatic rings. The van der Waals surface area contributed by atoms with E-state index < -0.39 is 23.2 Å². The number of ether oxygens (including phenoxy) is 2. The Balaban J connectivity index is 1.26. The van der Waals surface area contributed by atoms with Gasteiger partial charge in [-0.1, -0.05) is 67.8 Å². The third kappa shape index (κ3) is 6.30. The molecule has 1 unspecified atom stereocenters. The number of aromatic amines is 1. The number of fused-ring (bicyclic) bond motifs is 3. The highest BCUT2D eigenvalue weighted by Crippen LogP contribution is 2.45. The molecule has 238 valence electrons. The number of hydrogen-bond donors (Lipinski definition) is 2. The van der Waals surface area contributed by atoms with Crippen LogP contribution in [0, 0.1) is 0 Å². The molecule has 0 bridgehead atoms. The Morgan fingerprint density at radius 1 is 1.00 bits per heavy atom. The monoisotopic (exact) mass is 613 g/mol. The Labute approximate surface area is 264 Å². The topological polar surface area (TPSA) is 112 Å². The number of benzene rings is 2. The van der Waals surface area contributed by atoms with Gasteiger partial charge in [-0.05, 0) is 80.3 Å². The van der Waals surface area contributed by atoms with Crippen LogP contribution in [0.15, 0.2) is 60.8 Å². The summed E-state index contributed by atoms with van der Waals surface area (Å²) in [4.78, 5) is 45.6. The predicted octanol–water partition coefficient (Wildman–Crippen LogP) is 7.57. The maximum atomic E-state index is 14.1. The molecule has 9 nitrogen and oxygen atoms in total. The largest absolute Gasteiger partial charge is 0.477 e. The van der Waals surface area contributed by atoms with Crippen LogP contribution < -0.4 is 0 Å². The molecule has 1 saturated carbocycles. The lowest BCUT2D eigenvalue weighted by Crippen LogP contribution is -2.62. The molecule has 2 amide bonds. The number of nitrogens with one attached hydrogen (secondary N) is 1. The number of aromatic carboxylic acids is 1. The number of amides is 2. The van der Waals surface area contributed by atoms with E-state index in [9.17, 15) is 19.5 Å². The van der Waals surface area contributed by atoms with Crippen LogP contribution >= 0.6 is 0 Å². The van der Waals surface area contributed by atoms with Crippen LogP contribution in [0.3, 0.4) is 0 Å². The first-order chi connectivity index (χ1) is 21.5. The lowest BCUT2D eigenvalue weighted by Gasteiger charge is -2.53. The first kappa shape index (κ1) is 30.7. The van der Waals surface area contributed by atoms with Gasteiger partial charge >= 0.3 is 18.2 Å². The van der Waals surface area contributed by atoms with Crippen molar-refractivity contribution in [2.75, 3.05) is 13.2 Å². The van der Waals surface area contributed by atoms with Gasteiger partial charge < -0.3 is 29.4 Å². The summed E-state index contributed by atoms with van der Waals surface area (Å²) >= 11 is 0. The van der Waals surface area contributed by atoms with Crippen molar-refractivity contribution in [2.45, 2.75) is 95.4 Å². The summed E-state index contributed by atoms with van der Waals surface area (Å²) in [7, 11) is 0. The summed E-state index contributed by atoms with van der Waals surface area (Å²) in [5, 5.41) is 9.50. The van der Waals surface area contributed by atoms with Crippen molar-refractivity contribution in [1.82, 2.24) is 14.8 Å². The van der Waals surface area contributed by atoms with Gasteiger partial charge in [0.15, 0.2) is 0 Å². The maximum Gasteiger partial charge on any atom is 0.410 e. The molecule has 45 heavy (non-hydrogen) atoms. The quantitative estimate of drug-likeness (QED) is 0.297. The number of carboxylic acid groups (broad SMARTS) is 1. The van der Waals surface area contributed by atoms with Crippen molar-refractivity contribution in [3.8, 4) is 11.1 Å². The van der Waals surface area contributed by atoms with Gasteiger partial charge in [0, 0.05) is 30.2 Å². The van der Waals surface area contributed by atoms with E-state index in [1.165, 1.54) is 0 Å². The number of carbonyl (C=O) groups is 3. The Morgan fingerprint density at radius 2 is 1.64 bits per heavy atom. The number of rotatable bonds is 6. The van der Waals surface area contributed by atoms with E-state index in [4.69, 9.17) is 9.47 Å². The van der Waals surface area contributed by atoms with E-state index in [2.05, 4.69) is 29.2 Å². The zero-order chi connectivity index (χ0) is 31.8. The fraction of sp³-hybridized carbons (Fsp3) is 0.472. The minimum Gasteiger partial charge on any atom is -0.477 e. The number of H-pyrrole nitrogens is 1. The summed E-state index contributed by atoms with van der Waals surface area (Å²) in [6.45, 7) is 6.51. The fourth-order valence-corrected chi connectivity index (χ4v) is 7.59. The van der Waals surface area contributed by atoms with E-state index in [-0.39, 0.29) is 36.9 Å². The normalized spacial score (nSPS) is 19.1. The molecule has 9 heteroatoms. The fourth-order valence-electron chi connectivity index (χ4n) is 7.59. The molecule has 0 radical (unpaired) electrons. The third-order valence-electron chi connectivity index (χ3n) is 9.61. The zero-order valence-electron chi connectivity index (χ0n) is 26.4. The average Bonchev–Trinajstić information content (AvgIpc) is 3.61. The highest BCUT2D eigenvalue weighted by molar-refractivity contribution is 5.85. The number of likely N-dealkylation sites (tertiary alicyclic amines) is 1. The second-order valence-electron chi connectivity index (χ2n) is 13.7. The summed E-state index contributed by atoms with van der Waals surface area (Å²) in [5.74, 6) is -1.13. The molecule has 1 saturated heterocycles. The second-order valence-corrected chi connectivity index (χ2v) is 13.7. The van der Waals surface area contributed by atoms with Gasteiger partial charge in [-0.2, -0.15) is 0 Å². The third-order valence-corrected chi connectivity index (χ3v) is 9.61. The smallest absolute Gasteiger partial charge is 0.410 e. The van der Waals surface area contributed by atoms with Gasteiger partial charge in [0.2, 0.25) is 0 Å². The number of carbonyl (C=O) groups excluding carboxylic acids is 2. The first-order valence-electron chi connectivity index (χ1n) is 16.1. The molecule has 1 aliphatic heterocycles. The van der Waals surface area contributed by atoms with Crippen molar-refractivity contribution >= 4 is 18.2 Å². The van der Waals surface area contributed by atoms with E-state index in [0.717, 1.165) is 54.4 Å². The van der Waals surface area contributed by atoms with Crippen molar-refractivity contribution in [2.24, 2.45) is 0 Å². The van der Waals surface area contributed by atoms with Crippen LogP contribution in [0.2, 0.25) is 0 Å². The average molecular weight is 614 g/mol. The van der Waals surface area contributed by atoms with E-state index in [0.29, 0.717) is 24.9 Å². The Kier molecular flexibility index (Phi) is 8.37. The van der Waals surface area contributed by atoms with Gasteiger partial charge in [0.05, 0.1) is 6.54 Å². The molecule has 2 N–H and O–H groups in total. The zero-order valence-corrected chi connectivity index (χ0v) is 26.4. The first-order valence-corrected chi connectivity index (χ1v) is 16.1. The summed E-state index contributed by atoms with van der Waals surface area (Å²) in [6, 6.07) is 17.9. The highest BCUT2D eigenvalue weighted by atomic mass is 16.6. The second kappa shape index (κ2) is 12.3. The van der Waals surface area contributed by atoms with Crippen LogP contribution in [0.5, 0.6) is 0 Å². The predicted molar refractivity (Wildman–Crippen MR) is 170 cm³/mol. The van der Waals surface area contributed by atoms with Crippen LogP contribution in [-0.2, 0) is 16.0 Å². The summed E-state index contributed by atoms with van der Waals surface area (Å²) in [5.41, 5.74) is 4.35. The van der Waals surface area contributed by atoms with E-state index in [1.807, 2.05) is 49.9 Å². The summed E-state index contributed by atoms with van der Waals surface area (Å²) in [6.07, 6.45) is 6.94. The van der Waals surface area contributed by atoms with E-state index in [1.54, 1.807) is 17.2 Å². The van der Waals surface area contributed by atoms with Crippen LogP contribution in [0.1, 0.15) is 98.8 Å². The van der Waals surface area contributed by atoms with Crippen LogP contribution in [0.4, 0.5) is 9.59 Å². The molecule has 2 heterocycles. The Hall–Kier alpha value is -4.27. The van der Waals surface area contributed by atoms with Crippen LogP contribution in [-0.4, -0.2) is 68.4 Å². The lowest BCUT2D eigenvalue weighted by atomic mass is 9.73. The van der Waals surface area contributed by atoms with Crippen molar-refractivity contribution in [3.05, 3.63) is 83.2 Å². The number of nitrogens with zero attached hydrogens (tertiary/aromatic N) is 2. The molecule has 2 aromatic carbocycles. The molecular formula is C36H43N3O6. The van der Waals surface area contributed by atoms with Gasteiger partial charge in [-0.3, -0.25) is 0 Å². The van der Waals surface area contributed by atoms with Crippen molar-refractivity contribution < 1.29 is 29.0 Å². The molecule has 1 spiro atoms. The molecule has 1 atom stereocenters. The van der Waals surface area contributed by atoms with Crippen LogP contribution in [0.25, 0.3) is 11.1 Å². The minimum absolute atomic E-state index is 0.0704. The maximum absolute atomic E-state index is 14.1. The molecule has 3 aliphatic rings. The number of hydrogen-bond acceptors (Lipinski definition) is 5. The van der Waals surface area contributed by atoms with Gasteiger partial charge in [0.1, 0.15) is 17.9 Å². The molecule has 6 rings (SSSR count). The molecule has 2 aliphatic carbocycles. The Morgan fingerprint density at radius 3 is 2.24 bits per heavy atom. The molecule has 1 aromatic heterocycles. The SMILES string of the molecule is CC(C)(C)OC(=O)N1CCC(N(Cc2c[nH]c(C(=O)O)c2)C(=O)OCC2c3ccccc3-c3ccccc32)CC12CCCCC2. The standard InChI is InChI=1S/C36H43N3O6/c1-35(2,3)45-34(43)39-18-15-25(20-36(39)16-9-4-10-17-36)38(22-24-19-31(32(40)41)37-21-24)33(42)44-23-30-28-13-7-5-11-26(28)27-12-6-8-14-29(27)30/h5-8,11-14,19,21,25,30,37H,4,9-10,15-18,20,22-23H2,1-3H3,(H,40,41). The van der Waals surface area contributed by atoms with Crippen molar-refractivity contribution in [1.29, 1.82) is 0 Å². The van der Waals surface area contributed by atoms with Crippen molar-refractivity contribution in [3.63, 3.8) is 0 Å².